The zero-order chi connectivity index (χ0) is 12.1. The van der Waals surface area contributed by atoms with Gasteiger partial charge in [-0.1, -0.05) is 12.1 Å². The number of thioether (sulfide) groups is 1. The number of nitrogens with zero attached hydrogens (tertiary/aromatic N) is 2. The molecule has 16 heavy (non-hydrogen) atoms. The molecule has 0 saturated carbocycles. The third kappa shape index (κ3) is 3.11. The standard InChI is InChI=1S/C10H15N3O2S/c1-6(14)7(2)16-9-5-12-4-3-8(9)10(11)13-15/h3-7,14-15H,1-2H3,(H2,11,13). The Balaban J connectivity index is 2.96. The van der Waals surface area contributed by atoms with Crippen LogP contribution < -0.4 is 5.73 Å². The van der Waals surface area contributed by atoms with Crippen LogP contribution in [0.3, 0.4) is 0 Å². The molecule has 0 bridgehead atoms. The Morgan fingerprint density at radius 2 is 2.25 bits per heavy atom. The summed E-state index contributed by atoms with van der Waals surface area (Å²) in [6.07, 6.45) is 2.77. The van der Waals surface area contributed by atoms with Gasteiger partial charge in [0.2, 0.25) is 0 Å². The average molecular weight is 241 g/mol. The molecule has 1 aromatic rings. The first-order valence-corrected chi connectivity index (χ1v) is 5.71. The van der Waals surface area contributed by atoms with Crippen molar-refractivity contribution in [1.29, 1.82) is 0 Å². The van der Waals surface area contributed by atoms with Crippen LogP contribution in [-0.2, 0) is 0 Å². The number of aromatic nitrogens is 1. The van der Waals surface area contributed by atoms with Gasteiger partial charge >= 0.3 is 0 Å². The summed E-state index contributed by atoms with van der Waals surface area (Å²) in [6, 6.07) is 1.67. The minimum absolute atomic E-state index is 0.00874. The van der Waals surface area contributed by atoms with Crippen molar-refractivity contribution in [2.24, 2.45) is 10.9 Å². The van der Waals surface area contributed by atoms with Crippen LogP contribution in [0.25, 0.3) is 0 Å². The van der Waals surface area contributed by atoms with Crippen LogP contribution >= 0.6 is 11.8 Å². The first kappa shape index (κ1) is 12.8. The van der Waals surface area contributed by atoms with Crippen molar-refractivity contribution in [2.75, 3.05) is 0 Å². The van der Waals surface area contributed by atoms with Gasteiger partial charge in [0.1, 0.15) is 0 Å². The molecule has 88 valence electrons. The highest BCUT2D eigenvalue weighted by Crippen LogP contribution is 2.27. The van der Waals surface area contributed by atoms with E-state index in [0.29, 0.717) is 5.56 Å². The molecule has 5 nitrogen and oxygen atoms in total. The molecule has 0 saturated heterocycles. The Bertz CT molecular complexity index is 382. The zero-order valence-corrected chi connectivity index (χ0v) is 9.98. The summed E-state index contributed by atoms with van der Waals surface area (Å²) in [4.78, 5) is 4.76. The molecule has 0 amide bonds. The average Bonchev–Trinajstić information content (AvgIpc) is 2.28. The summed E-state index contributed by atoms with van der Waals surface area (Å²) < 4.78 is 0. The summed E-state index contributed by atoms with van der Waals surface area (Å²) in [6.45, 7) is 3.62. The zero-order valence-electron chi connectivity index (χ0n) is 9.16. The topological polar surface area (TPSA) is 91.7 Å². The third-order valence-corrected chi connectivity index (χ3v) is 3.51. The highest BCUT2D eigenvalue weighted by molar-refractivity contribution is 8.00. The van der Waals surface area contributed by atoms with Gasteiger partial charge in [-0.2, -0.15) is 0 Å². The van der Waals surface area contributed by atoms with Gasteiger partial charge in [-0.3, -0.25) is 4.98 Å². The Morgan fingerprint density at radius 3 is 2.81 bits per heavy atom. The summed E-state index contributed by atoms with van der Waals surface area (Å²) in [5.74, 6) is 0.0442. The van der Waals surface area contributed by atoms with Crippen LogP contribution in [0.4, 0.5) is 0 Å². The molecule has 0 aliphatic heterocycles. The lowest BCUT2D eigenvalue weighted by atomic mass is 10.2. The van der Waals surface area contributed by atoms with E-state index in [1.165, 1.54) is 11.8 Å². The number of aliphatic hydroxyl groups excluding tert-OH is 1. The number of aliphatic hydroxyl groups is 1. The van der Waals surface area contributed by atoms with Crippen LogP contribution in [0, 0.1) is 0 Å². The summed E-state index contributed by atoms with van der Waals surface area (Å²) in [7, 11) is 0. The predicted octanol–water partition coefficient (Wildman–Crippen LogP) is 1.04. The fourth-order valence-corrected chi connectivity index (χ4v) is 2.06. The van der Waals surface area contributed by atoms with Gasteiger partial charge in [0.25, 0.3) is 0 Å². The van der Waals surface area contributed by atoms with Crippen molar-refractivity contribution in [1.82, 2.24) is 4.98 Å². The molecular formula is C10H15N3O2S. The van der Waals surface area contributed by atoms with Crippen molar-refractivity contribution in [3.05, 3.63) is 24.0 Å². The van der Waals surface area contributed by atoms with Crippen LogP contribution in [0.5, 0.6) is 0 Å². The van der Waals surface area contributed by atoms with Crippen molar-refractivity contribution in [3.63, 3.8) is 0 Å². The first-order chi connectivity index (χ1) is 7.56. The van der Waals surface area contributed by atoms with Gasteiger partial charge in [0, 0.05) is 28.1 Å². The highest BCUT2D eigenvalue weighted by atomic mass is 32.2. The minimum Gasteiger partial charge on any atom is -0.409 e. The van der Waals surface area contributed by atoms with Crippen LogP contribution in [-0.4, -0.2) is 32.5 Å². The normalized spacial score (nSPS) is 15.8. The first-order valence-electron chi connectivity index (χ1n) is 4.83. The van der Waals surface area contributed by atoms with Gasteiger partial charge in [-0.05, 0) is 13.0 Å². The van der Waals surface area contributed by atoms with Crippen molar-refractivity contribution in [2.45, 2.75) is 30.1 Å². The third-order valence-electron chi connectivity index (χ3n) is 2.16. The lowest BCUT2D eigenvalue weighted by molar-refractivity contribution is 0.196. The van der Waals surface area contributed by atoms with E-state index in [4.69, 9.17) is 10.9 Å². The van der Waals surface area contributed by atoms with Gasteiger partial charge in [0.05, 0.1) is 6.10 Å². The molecule has 1 heterocycles. The molecule has 2 atom stereocenters. The van der Waals surface area contributed by atoms with E-state index >= 15 is 0 Å². The molecule has 0 aromatic carbocycles. The number of hydrogen-bond donors (Lipinski definition) is 3. The van der Waals surface area contributed by atoms with Crippen molar-refractivity contribution < 1.29 is 10.3 Å². The molecule has 0 radical (unpaired) electrons. The smallest absolute Gasteiger partial charge is 0.171 e. The molecule has 0 fully saturated rings. The monoisotopic (exact) mass is 241 g/mol. The Labute approximate surface area is 98.4 Å². The minimum atomic E-state index is -0.439. The molecule has 4 N–H and O–H groups in total. The van der Waals surface area contributed by atoms with E-state index in [-0.39, 0.29) is 11.1 Å². The number of pyridine rings is 1. The van der Waals surface area contributed by atoms with Crippen LogP contribution in [0.1, 0.15) is 19.4 Å². The maximum absolute atomic E-state index is 9.42. The second-order valence-electron chi connectivity index (χ2n) is 3.42. The Morgan fingerprint density at radius 1 is 1.56 bits per heavy atom. The van der Waals surface area contributed by atoms with Gasteiger partial charge < -0.3 is 16.0 Å². The number of hydrogen-bond acceptors (Lipinski definition) is 5. The fraction of sp³-hybridized carbons (Fsp3) is 0.400. The van der Waals surface area contributed by atoms with E-state index in [2.05, 4.69) is 10.1 Å². The van der Waals surface area contributed by atoms with Crippen molar-refractivity contribution in [3.8, 4) is 0 Å². The Kier molecular flexibility index (Phi) is 4.57. The number of amidine groups is 1. The molecule has 1 aromatic heterocycles. The maximum atomic E-state index is 9.42. The second-order valence-corrected chi connectivity index (χ2v) is 4.84. The quantitative estimate of drug-likeness (QED) is 0.241. The van der Waals surface area contributed by atoms with Crippen LogP contribution in [0.15, 0.2) is 28.5 Å². The molecule has 0 aliphatic carbocycles. The van der Waals surface area contributed by atoms with Crippen molar-refractivity contribution >= 4 is 17.6 Å². The Hall–Kier alpha value is -1.27. The summed E-state index contributed by atoms with van der Waals surface area (Å²) in [5, 5.41) is 21.0. The van der Waals surface area contributed by atoms with E-state index in [1.54, 1.807) is 25.4 Å². The van der Waals surface area contributed by atoms with E-state index in [0.717, 1.165) is 4.90 Å². The lowest BCUT2D eigenvalue weighted by Crippen LogP contribution is -2.18. The molecular weight excluding hydrogens is 226 g/mol. The van der Waals surface area contributed by atoms with E-state index in [1.807, 2.05) is 6.92 Å². The SMILES string of the molecule is CC(O)C(C)Sc1cnccc1/C(N)=N/O. The largest absolute Gasteiger partial charge is 0.409 e. The van der Waals surface area contributed by atoms with Crippen LogP contribution in [0.2, 0.25) is 0 Å². The number of oxime groups is 1. The molecule has 2 unspecified atom stereocenters. The fourth-order valence-electron chi connectivity index (χ4n) is 1.04. The van der Waals surface area contributed by atoms with Gasteiger partial charge in [0.15, 0.2) is 5.84 Å². The highest BCUT2D eigenvalue weighted by Gasteiger charge is 2.14. The lowest BCUT2D eigenvalue weighted by Gasteiger charge is -2.15. The second kappa shape index (κ2) is 5.72. The number of rotatable bonds is 4. The maximum Gasteiger partial charge on any atom is 0.171 e. The molecule has 1 rings (SSSR count). The molecule has 0 aliphatic rings. The van der Waals surface area contributed by atoms with Gasteiger partial charge in [-0.25, -0.2) is 0 Å². The van der Waals surface area contributed by atoms with Gasteiger partial charge in [-0.15, -0.1) is 11.8 Å². The summed E-state index contributed by atoms with van der Waals surface area (Å²) in [5.41, 5.74) is 6.16. The van der Waals surface area contributed by atoms with E-state index in [9.17, 15) is 5.11 Å². The predicted molar refractivity (Wildman–Crippen MR) is 63.7 cm³/mol. The number of nitrogens with two attached hydrogens (primary N) is 1. The van der Waals surface area contributed by atoms with E-state index < -0.39 is 6.10 Å². The molecule has 0 spiro atoms. The molecule has 6 heteroatoms. The summed E-state index contributed by atoms with van der Waals surface area (Å²) >= 11 is 1.44.